The number of hydrogen-bond donors (Lipinski definition) is 3. The summed E-state index contributed by atoms with van der Waals surface area (Å²) in [6, 6.07) is 1.45. The summed E-state index contributed by atoms with van der Waals surface area (Å²) in [5.41, 5.74) is 4.82. The molecule has 0 aromatic carbocycles. The van der Waals surface area contributed by atoms with Crippen molar-refractivity contribution in [2.75, 3.05) is 12.3 Å². The van der Waals surface area contributed by atoms with Gasteiger partial charge >= 0.3 is 14.3 Å². The number of aromatic nitrogens is 2. The number of rotatable bonds is 6. The summed E-state index contributed by atoms with van der Waals surface area (Å²) in [6.07, 6.45) is -0.664. The van der Waals surface area contributed by atoms with Crippen molar-refractivity contribution in [3.63, 3.8) is 0 Å². The molecule has 0 bridgehead atoms. The van der Waals surface area contributed by atoms with Crippen LogP contribution in [-0.2, 0) is 13.8 Å². The van der Waals surface area contributed by atoms with Crippen LogP contribution in [0.2, 0.25) is 0 Å². The van der Waals surface area contributed by atoms with Crippen LogP contribution in [0.5, 0.6) is 0 Å². The number of hydrogen-bond acceptors (Lipinski definition) is 8. The number of nitrogens with two attached hydrogens (primary N) is 1. The van der Waals surface area contributed by atoms with Gasteiger partial charge < -0.3 is 29.5 Å². The summed E-state index contributed by atoms with van der Waals surface area (Å²) in [5.74, 6) is 0.102. The summed E-state index contributed by atoms with van der Waals surface area (Å²) in [4.78, 5) is 24.9. The Balaban J connectivity index is 1.93. The lowest BCUT2D eigenvalue weighted by Gasteiger charge is -2.18. The zero-order chi connectivity index (χ0) is 16.3. The molecule has 1 aliphatic rings. The van der Waals surface area contributed by atoms with Gasteiger partial charge in [0.05, 0.1) is 18.8 Å². The van der Waals surface area contributed by atoms with Crippen LogP contribution in [0.4, 0.5) is 5.82 Å². The lowest BCUT2D eigenvalue weighted by atomic mass is 10.2. The Morgan fingerprint density at radius 1 is 1.64 bits per heavy atom. The van der Waals surface area contributed by atoms with Crippen molar-refractivity contribution in [3.8, 4) is 0 Å². The van der Waals surface area contributed by atoms with Gasteiger partial charge in [0.2, 0.25) is 0 Å². The van der Waals surface area contributed by atoms with E-state index in [1.165, 1.54) is 16.8 Å². The van der Waals surface area contributed by atoms with E-state index in [9.17, 15) is 14.8 Å². The van der Waals surface area contributed by atoms with Crippen LogP contribution in [0.1, 0.15) is 26.5 Å². The second kappa shape index (κ2) is 7.45. The normalized spacial score (nSPS) is 26.5. The second-order valence-electron chi connectivity index (χ2n) is 5.18. The summed E-state index contributed by atoms with van der Waals surface area (Å²) >= 11 is 0. The van der Waals surface area contributed by atoms with E-state index < -0.39 is 32.7 Å². The van der Waals surface area contributed by atoms with E-state index in [-0.39, 0.29) is 24.9 Å². The van der Waals surface area contributed by atoms with Gasteiger partial charge in [-0.15, -0.1) is 0 Å². The summed E-state index contributed by atoms with van der Waals surface area (Å²) in [7, 11) is -1.99. The summed E-state index contributed by atoms with van der Waals surface area (Å²) in [5, 5.41) is 10.0. The van der Waals surface area contributed by atoms with Gasteiger partial charge in [-0.25, -0.2) is 4.79 Å². The van der Waals surface area contributed by atoms with Gasteiger partial charge in [-0.05, 0) is 19.9 Å². The Hall–Kier alpha value is -1.09. The summed E-state index contributed by atoms with van der Waals surface area (Å²) in [6.45, 7) is 3.61. The number of aliphatic hydroxyl groups is 1. The highest BCUT2D eigenvalue weighted by Gasteiger charge is 2.36. The maximum atomic E-state index is 11.8. The molecule has 0 radical (unpaired) electrons. The van der Waals surface area contributed by atoms with Crippen LogP contribution in [0.25, 0.3) is 0 Å². The zero-order valence-corrected chi connectivity index (χ0v) is 13.2. The van der Waals surface area contributed by atoms with Crippen LogP contribution < -0.4 is 11.4 Å². The standard InChI is InChI=1S/C12H20N3O6P/c1-7(2)21-22(18)19-6-8-5-9(16)11(20-8)15-4-3-10(13)14-12(15)17/h3-4,7-9,11,16,18H,5-6H2,1-2H3,(H2,13,14,17). The van der Waals surface area contributed by atoms with Crippen molar-refractivity contribution >= 4 is 14.4 Å². The molecule has 22 heavy (non-hydrogen) atoms. The Morgan fingerprint density at radius 3 is 3.00 bits per heavy atom. The molecule has 10 heteroatoms. The molecule has 0 aliphatic carbocycles. The molecule has 9 nitrogen and oxygen atoms in total. The van der Waals surface area contributed by atoms with Crippen molar-refractivity contribution in [2.24, 2.45) is 0 Å². The maximum Gasteiger partial charge on any atom is 0.351 e. The number of nitrogens with zero attached hydrogens (tertiary/aromatic N) is 2. The average Bonchev–Trinajstić information content (AvgIpc) is 2.77. The third-order valence-electron chi connectivity index (χ3n) is 2.96. The van der Waals surface area contributed by atoms with Gasteiger partial charge in [0.1, 0.15) is 11.9 Å². The molecule has 1 saturated heterocycles. The molecule has 2 heterocycles. The number of nitrogen functional groups attached to an aromatic ring is 1. The first kappa shape index (κ1) is 17.3. The van der Waals surface area contributed by atoms with Crippen LogP contribution in [-0.4, -0.2) is 44.5 Å². The third-order valence-corrected chi connectivity index (χ3v) is 3.93. The minimum Gasteiger partial charge on any atom is -0.388 e. The average molecular weight is 333 g/mol. The van der Waals surface area contributed by atoms with Crippen molar-refractivity contribution in [2.45, 2.75) is 44.8 Å². The molecule has 1 aromatic heterocycles. The van der Waals surface area contributed by atoms with Gasteiger partial charge in [-0.2, -0.15) is 4.98 Å². The van der Waals surface area contributed by atoms with Gasteiger partial charge in [0.15, 0.2) is 6.23 Å². The van der Waals surface area contributed by atoms with Gasteiger partial charge in [-0.3, -0.25) is 4.57 Å². The molecule has 0 saturated carbocycles. The Labute approximate surface area is 128 Å². The van der Waals surface area contributed by atoms with E-state index in [1.807, 2.05) is 0 Å². The third kappa shape index (κ3) is 4.45. The fraction of sp³-hybridized carbons (Fsp3) is 0.667. The molecule has 1 fully saturated rings. The van der Waals surface area contributed by atoms with Crippen molar-refractivity contribution in [3.05, 3.63) is 22.7 Å². The number of ether oxygens (including phenoxy) is 1. The predicted molar refractivity (Wildman–Crippen MR) is 78.8 cm³/mol. The highest BCUT2D eigenvalue weighted by Crippen LogP contribution is 2.36. The van der Waals surface area contributed by atoms with Crippen LogP contribution in [0, 0.1) is 0 Å². The van der Waals surface area contributed by atoms with Crippen molar-refractivity contribution in [1.82, 2.24) is 9.55 Å². The van der Waals surface area contributed by atoms with Gasteiger partial charge in [-0.1, -0.05) is 0 Å². The molecule has 4 unspecified atom stereocenters. The van der Waals surface area contributed by atoms with E-state index in [4.69, 9.17) is 19.5 Å². The first-order valence-corrected chi connectivity index (χ1v) is 7.96. The highest BCUT2D eigenvalue weighted by molar-refractivity contribution is 7.40. The monoisotopic (exact) mass is 333 g/mol. The molecule has 0 spiro atoms. The number of aliphatic hydroxyl groups excluding tert-OH is 1. The lowest BCUT2D eigenvalue weighted by molar-refractivity contribution is -0.0518. The highest BCUT2D eigenvalue weighted by atomic mass is 31.2. The van der Waals surface area contributed by atoms with E-state index in [2.05, 4.69) is 4.98 Å². The van der Waals surface area contributed by atoms with E-state index in [0.717, 1.165) is 0 Å². The molecular formula is C12H20N3O6P. The fourth-order valence-corrected chi connectivity index (χ4v) is 2.78. The quantitative estimate of drug-likeness (QED) is 0.627. The molecule has 2 rings (SSSR count). The SMILES string of the molecule is CC(C)OP(O)OCC1CC(O)C(n2ccc(N)nc2=O)O1. The Morgan fingerprint density at radius 2 is 2.36 bits per heavy atom. The molecule has 1 aliphatic heterocycles. The van der Waals surface area contributed by atoms with E-state index in [1.54, 1.807) is 13.8 Å². The van der Waals surface area contributed by atoms with Gasteiger partial charge in [0, 0.05) is 12.6 Å². The maximum absolute atomic E-state index is 11.8. The molecule has 4 N–H and O–H groups in total. The minimum atomic E-state index is -1.99. The predicted octanol–water partition coefficient (Wildman–Crippen LogP) is 0.135. The Bertz CT molecular complexity index is 554. The van der Waals surface area contributed by atoms with Crippen LogP contribution in [0.3, 0.4) is 0 Å². The van der Waals surface area contributed by atoms with Crippen LogP contribution in [0.15, 0.2) is 17.1 Å². The molecule has 0 amide bonds. The van der Waals surface area contributed by atoms with Crippen LogP contribution >= 0.6 is 8.60 Å². The minimum absolute atomic E-state index is 0.0552. The molecule has 124 valence electrons. The first-order valence-electron chi connectivity index (χ1n) is 6.83. The van der Waals surface area contributed by atoms with E-state index in [0.29, 0.717) is 0 Å². The molecule has 1 aromatic rings. The second-order valence-corrected chi connectivity index (χ2v) is 6.13. The Kier molecular flexibility index (Phi) is 5.85. The van der Waals surface area contributed by atoms with E-state index >= 15 is 0 Å². The molecule has 4 atom stereocenters. The first-order chi connectivity index (χ1) is 10.4. The fourth-order valence-electron chi connectivity index (χ4n) is 2.06. The van der Waals surface area contributed by atoms with Crippen molar-refractivity contribution < 1.29 is 23.8 Å². The largest absolute Gasteiger partial charge is 0.388 e. The van der Waals surface area contributed by atoms with Gasteiger partial charge in [0.25, 0.3) is 0 Å². The molecular weight excluding hydrogens is 313 g/mol. The topological polar surface area (TPSA) is 129 Å². The zero-order valence-electron chi connectivity index (χ0n) is 12.3. The lowest BCUT2D eigenvalue weighted by Crippen LogP contribution is -2.31. The number of anilines is 1. The smallest absolute Gasteiger partial charge is 0.351 e. The van der Waals surface area contributed by atoms with Crippen molar-refractivity contribution in [1.29, 1.82) is 0 Å². The summed E-state index contributed by atoms with van der Waals surface area (Å²) < 4.78 is 17.0.